The number of amides is 1. The largest absolute Gasteiger partial charge is 0.398 e. The molecule has 0 radical (unpaired) electrons. The fourth-order valence-corrected chi connectivity index (χ4v) is 5.33. The lowest BCUT2D eigenvalue weighted by molar-refractivity contribution is 0.0669. The Bertz CT molecular complexity index is 1430. The van der Waals surface area contributed by atoms with Gasteiger partial charge in [-0.15, -0.1) is 11.3 Å². The van der Waals surface area contributed by atoms with Crippen LogP contribution in [0.1, 0.15) is 15.2 Å². The van der Waals surface area contributed by atoms with Crippen molar-refractivity contribution in [1.82, 2.24) is 9.80 Å². The number of benzene rings is 3. The Hall–Kier alpha value is -3.94. The molecule has 0 bridgehead atoms. The number of nitrogens with one attached hydrogen (secondary N) is 1. The number of hydrogen-bond donors (Lipinski definition) is 2. The number of piperazine rings is 1. The Kier molecular flexibility index (Phi) is 6.84. The molecule has 36 heavy (non-hydrogen) atoms. The molecule has 3 N–H and O–H groups in total. The second-order valence-electron chi connectivity index (χ2n) is 8.96. The molecular formula is C29H29N5OS. The summed E-state index contributed by atoms with van der Waals surface area (Å²) in [6, 6.07) is 24.2. The molecule has 3 aromatic carbocycles. The van der Waals surface area contributed by atoms with Gasteiger partial charge in [0, 0.05) is 59.4 Å². The molecule has 4 aromatic rings. The Morgan fingerprint density at radius 3 is 2.53 bits per heavy atom. The third-order valence-corrected chi connectivity index (χ3v) is 7.48. The summed E-state index contributed by atoms with van der Waals surface area (Å²) < 4.78 is 0.997. The fourth-order valence-electron chi connectivity index (χ4n) is 4.29. The van der Waals surface area contributed by atoms with Gasteiger partial charge in [-0.3, -0.25) is 4.79 Å². The van der Waals surface area contributed by atoms with Crippen LogP contribution in [-0.2, 0) is 0 Å². The molecule has 5 rings (SSSR count). The predicted molar refractivity (Wildman–Crippen MR) is 152 cm³/mol. The van der Waals surface area contributed by atoms with Crippen LogP contribution in [0.3, 0.4) is 0 Å². The first-order valence-corrected chi connectivity index (χ1v) is 12.7. The van der Waals surface area contributed by atoms with Gasteiger partial charge in [-0.2, -0.15) is 0 Å². The number of carbonyl (C=O) groups is 1. The van der Waals surface area contributed by atoms with Gasteiger partial charge in [0.25, 0.3) is 5.91 Å². The molecule has 0 unspecified atom stereocenters. The number of thiophene rings is 1. The van der Waals surface area contributed by atoms with Gasteiger partial charge in [-0.05, 0) is 48.5 Å². The smallest absolute Gasteiger partial charge is 0.264 e. The highest BCUT2D eigenvalue weighted by atomic mass is 32.1. The molecule has 182 valence electrons. The lowest BCUT2D eigenvalue weighted by Gasteiger charge is -2.32. The van der Waals surface area contributed by atoms with Crippen molar-refractivity contribution in [1.29, 1.82) is 0 Å². The normalized spacial score (nSPS) is 14.4. The maximum absolute atomic E-state index is 13.0. The van der Waals surface area contributed by atoms with Crippen LogP contribution in [-0.4, -0.2) is 55.1 Å². The molecule has 1 fully saturated rings. The topological polar surface area (TPSA) is 74.0 Å². The van der Waals surface area contributed by atoms with Crippen LogP contribution in [0.15, 0.2) is 90.2 Å². The van der Waals surface area contributed by atoms with E-state index in [1.54, 1.807) is 6.21 Å². The molecule has 0 spiro atoms. The monoisotopic (exact) mass is 495 g/mol. The minimum absolute atomic E-state index is 0.0780. The summed E-state index contributed by atoms with van der Waals surface area (Å²) >= 11 is 1.49. The van der Waals surface area contributed by atoms with E-state index >= 15 is 0 Å². The standard InChI is InChI=1S/C29H29N5OS/c1-20(32-24-10-6-9-22(17-24)21-7-4-3-5-8-21)31-19-23-11-12-26-25(28(23)30)18-27(36-26)29(35)34-15-13-33(2)14-16-34/h3-12,17-19,32H,1,13-16,30H2,2H3. The average molecular weight is 496 g/mol. The van der Waals surface area contributed by atoms with Gasteiger partial charge in [-0.1, -0.05) is 49.0 Å². The second-order valence-corrected chi connectivity index (χ2v) is 10.0. The molecule has 1 amide bonds. The van der Waals surface area contributed by atoms with E-state index in [4.69, 9.17) is 5.73 Å². The van der Waals surface area contributed by atoms with Crippen LogP contribution >= 0.6 is 11.3 Å². The fraction of sp³-hybridized carbons (Fsp3) is 0.172. The van der Waals surface area contributed by atoms with Crippen LogP contribution in [0, 0.1) is 0 Å². The van der Waals surface area contributed by atoms with Crippen LogP contribution < -0.4 is 11.1 Å². The summed E-state index contributed by atoms with van der Waals surface area (Å²) in [5, 5.41) is 4.14. The molecule has 1 saturated heterocycles. The molecule has 2 heterocycles. The first-order valence-electron chi connectivity index (χ1n) is 11.9. The number of hydrogen-bond acceptors (Lipinski definition) is 6. The summed E-state index contributed by atoms with van der Waals surface area (Å²) in [6.07, 6.45) is 1.71. The Labute approximate surface area is 215 Å². The van der Waals surface area contributed by atoms with Crippen LogP contribution in [0.5, 0.6) is 0 Å². The molecule has 1 aliphatic heterocycles. The van der Waals surface area contributed by atoms with E-state index in [1.807, 2.05) is 53.4 Å². The Balaban J connectivity index is 1.29. The average Bonchev–Trinajstić information content (AvgIpc) is 3.34. The Morgan fingerprint density at radius 2 is 1.75 bits per heavy atom. The predicted octanol–water partition coefficient (Wildman–Crippen LogP) is 5.54. The number of likely N-dealkylation sites (N-methyl/N-ethyl adjacent to an activating group) is 1. The zero-order valence-corrected chi connectivity index (χ0v) is 21.1. The quantitative estimate of drug-likeness (QED) is 0.272. The molecule has 6 nitrogen and oxygen atoms in total. The first kappa shape index (κ1) is 23.8. The van der Waals surface area contributed by atoms with Crippen LogP contribution in [0.4, 0.5) is 11.4 Å². The SMILES string of the molecule is C=C(N=Cc1ccc2sc(C(=O)N3CCN(C)CC3)cc2c1N)Nc1cccc(-c2ccccc2)c1. The van der Waals surface area contributed by atoms with E-state index in [1.165, 1.54) is 11.3 Å². The number of nitrogens with zero attached hydrogens (tertiary/aromatic N) is 3. The molecular weight excluding hydrogens is 466 g/mol. The van der Waals surface area contributed by atoms with Gasteiger partial charge in [0.2, 0.25) is 0 Å². The number of nitrogen functional groups attached to an aromatic ring is 1. The van der Waals surface area contributed by atoms with Gasteiger partial charge in [0.1, 0.15) is 5.82 Å². The van der Waals surface area contributed by atoms with Gasteiger partial charge >= 0.3 is 0 Å². The van der Waals surface area contributed by atoms with Crippen molar-refractivity contribution in [2.45, 2.75) is 0 Å². The van der Waals surface area contributed by atoms with E-state index in [0.29, 0.717) is 11.5 Å². The molecule has 0 atom stereocenters. The maximum atomic E-state index is 13.0. The number of nitrogens with two attached hydrogens (primary N) is 1. The Morgan fingerprint density at radius 1 is 1.00 bits per heavy atom. The van der Waals surface area contributed by atoms with Crippen LogP contribution in [0.2, 0.25) is 0 Å². The summed E-state index contributed by atoms with van der Waals surface area (Å²) in [5.41, 5.74) is 11.1. The van der Waals surface area contributed by atoms with Gasteiger partial charge < -0.3 is 20.9 Å². The van der Waals surface area contributed by atoms with E-state index < -0.39 is 0 Å². The van der Waals surface area contributed by atoms with Crippen molar-refractivity contribution in [2.24, 2.45) is 4.99 Å². The molecule has 0 aliphatic carbocycles. The van der Waals surface area contributed by atoms with Gasteiger partial charge in [0.15, 0.2) is 0 Å². The highest BCUT2D eigenvalue weighted by Crippen LogP contribution is 2.32. The van der Waals surface area contributed by atoms with Gasteiger partial charge in [-0.25, -0.2) is 4.99 Å². The lowest BCUT2D eigenvalue weighted by Crippen LogP contribution is -2.46. The zero-order chi connectivity index (χ0) is 25.1. The molecule has 0 saturated carbocycles. The third-order valence-electron chi connectivity index (χ3n) is 6.40. The number of anilines is 2. The summed E-state index contributed by atoms with van der Waals surface area (Å²) in [6.45, 7) is 7.34. The summed E-state index contributed by atoms with van der Waals surface area (Å²) in [7, 11) is 2.08. The van der Waals surface area contributed by atoms with Crippen molar-refractivity contribution < 1.29 is 4.79 Å². The minimum atomic E-state index is 0.0780. The summed E-state index contributed by atoms with van der Waals surface area (Å²) in [4.78, 5) is 22.4. The second kappa shape index (κ2) is 10.4. The van der Waals surface area contributed by atoms with Crippen LogP contribution in [0.25, 0.3) is 21.2 Å². The number of aliphatic imine (C=N–C) groups is 1. The minimum Gasteiger partial charge on any atom is -0.398 e. The maximum Gasteiger partial charge on any atom is 0.264 e. The molecule has 7 heteroatoms. The number of fused-ring (bicyclic) bond motifs is 1. The third kappa shape index (κ3) is 5.17. The van der Waals surface area contributed by atoms with Crippen molar-refractivity contribution in [3.05, 3.63) is 95.6 Å². The number of carbonyl (C=O) groups excluding carboxylic acids is 1. The van der Waals surface area contributed by atoms with E-state index in [2.05, 4.69) is 53.1 Å². The van der Waals surface area contributed by atoms with Crippen molar-refractivity contribution >= 4 is 44.9 Å². The van der Waals surface area contributed by atoms with Crippen molar-refractivity contribution in [3.8, 4) is 11.1 Å². The van der Waals surface area contributed by atoms with Gasteiger partial charge in [0.05, 0.1) is 4.88 Å². The van der Waals surface area contributed by atoms with E-state index in [-0.39, 0.29) is 5.91 Å². The lowest BCUT2D eigenvalue weighted by atomic mass is 10.1. The van der Waals surface area contributed by atoms with Crippen molar-refractivity contribution in [2.75, 3.05) is 44.3 Å². The van der Waals surface area contributed by atoms with E-state index in [0.717, 1.165) is 63.5 Å². The zero-order valence-electron chi connectivity index (χ0n) is 20.3. The molecule has 1 aliphatic rings. The molecule has 1 aromatic heterocycles. The highest BCUT2D eigenvalue weighted by molar-refractivity contribution is 7.20. The summed E-state index contributed by atoms with van der Waals surface area (Å²) in [5.74, 6) is 0.588. The van der Waals surface area contributed by atoms with Crippen molar-refractivity contribution in [3.63, 3.8) is 0 Å². The number of rotatable bonds is 6. The van der Waals surface area contributed by atoms with E-state index in [9.17, 15) is 4.79 Å². The first-order chi connectivity index (χ1) is 17.5. The highest BCUT2D eigenvalue weighted by Gasteiger charge is 2.22.